The number of hydrogen-bond donors (Lipinski definition) is 1. The maximum absolute atomic E-state index is 12.5. The van der Waals surface area contributed by atoms with E-state index in [0.29, 0.717) is 31.2 Å². The summed E-state index contributed by atoms with van der Waals surface area (Å²) in [5, 5.41) is 0. The second kappa shape index (κ2) is 8.11. The minimum Gasteiger partial charge on any atom is -0.379 e. The van der Waals surface area contributed by atoms with Crippen LogP contribution in [0.4, 0.5) is 0 Å². The van der Waals surface area contributed by atoms with Gasteiger partial charge in [0.2, 0.25) is 10.0 Å². The van der Waals surface area contributed by atoms with E-state index in [9.17, 15) is 8.42 Å². The maximum atomic E-state index is 12.5. The monoisotopic (exact) mass is 387 g/mol. The molecule has 0 unspecified atom stereocenters. The first kappa shape index (κ1) is 18.1. The van der Waals surface area contributed by atoms with E-state index in [1.54, 1.807) is 30.0 Å². The summed E-state index contributed by atoms with van der Waals surface area (Å²) in [6.45, 7) is 6.31. The van der Waals surface area contributed by atoms with Gasteiger partial charge in [0, 0.05) is 26.2 Å². The number of nitrogens with one attached hydrogen (secondary N) is 1. The molecule has 1 aromatic heterocycles. The van der Waals surface area contributed by atoms with E-state index in [1.807, 2.05) is 0 Å². The average molecular weight is 388 g/mol. The summed E-state index contributed by atoms with van der Waals surface area (Å²) >= 11 is 3.21. The summed E-state index contributed by atoms with van der Waals surface area (Å²) in [6, 6.07) is 5.12. The standard InChI is InChI=1S/C15H21N3O3S3/c1-2-22-15-17-13-4-3-12(11-14(13)23-15)24(19,20)16-5-6-18-7-9-21-10-8-18/h3-4,11,16H,2,5-10H2,1H3. The Kier molecular flexibility index (Phi) is 6.12. The van der Waals surface area contributed by atoms with E-state index in [-0.39, 0.29) is 0 Å². The van der Waals surface area contributed by atoms with Crippen molar-refractivity contribution in [2.45, 2.75) is 16.2 Å². The molecule has 1 aromatic carbocycles. The predicted molar refractivity (Wildman–Crippen MR) is 98.5 cm³/mol. The highest BCUT2D eigenvalue weighted by Crippen LogP contribution is 2.30. The van der Waals surface area contributed by atoms with Crippen molar-refractivity contribution in [1.29, 1.82) is 0 Å². The summed E-state index contributed by atoms with van der Waals surface area (Å²) < 4.78 is 34.8. The Morgan fingerprint density at radius 2 is 2.17 bits per heavy atom. The van der Waals surface area contributed by atoms with E-state index < -0.39 is 10.0 Å². The molecule has 1 saturated heterocycles. The number of rotatable bonds is 7. The third-order valence-corrected chi connectivity index (χ3v) is 7.24. The summed E-state index contributed by atoms with van der Waals surface area (Å²) in [6.07, 6.45) is 0. The Hall–Kier alpha value is -0.710. The number of morpholine rings is 1. The number of ether oxygens (including phenoxy) is 1. The summed E-state index contributed by atoms with van der Waals surface area (Å²) in [4.78, 5) is 7.00. The minimum atomic E-state index is -3.49. The number of benzene rings is 1. The molecule has 0 saturated carbocycles. The Labute approximate surface area is 150 Å². The van der Waals surface area contributed by atoms with E-state index in [1.165, 1.54) is 11.3 Å². The average Bonchev–Trinajstić information content (AvgIpc) is 2.97. The first-order valence-electron chi connectivity index (χ1n) is 7.91. The van der Waals surface area contributed by atoms with Crippen molar-refractivity contribution in [3.8, 4) is 0 Å². The second-order valence-electron chi connectivity index (χ2n) is 5.39. The zero-order valence-electron chi connectivity index (χ0n) is 13.5. The molecule has 1 fully saturated rings. The van der Waals surface area contributed by atoms with E-state index in [2.05, 4.69) is 21.5 Å². The third-order valence-electron chi connectivity index (χ3n) is 3.74. The number of thioether (sulfide) groups is 1. The van der Waals surface area contributed by atoms with Crippen molar-refractivity contribution in [3.63, 3.8) is 0 Å². The zero-order chi connectivity index (χ0) is 17.0. The topological polar surface area (TPSA) is 71.5 Å². The van der Waals surface area contributed by atoms with Crippen LogP contribution in [0.15, 0.2) is 27.4 Å². The van der Waals surface area contributed by atoms with E-state index >= 15 is 0 Å². The lowest BCUT2D eigenvalue weighted by Gasteiger charge is -2.26. The summed E-state index contributed by atoms with van der Waals surface area (Å²) in [5.41, 5.74) is 0.850. The van der Waals surface area contributed by atoms with Crippen molar-refractivity contribution < 1.29 is 13.2 Å². The van der Waals surface area contributed by atoms with Gasteiger partial charge in [0.25, 0.3) is 0 Å². The fourth-order valence-corrected chi connectivity index (χ4v) is 5.61. The van der Waals surface area contributed by atoms with E-state index in [0.717, 1.165) is 33.4 Å². The molecule has 0 amide bonds. The smallest absolute Gasteiger partial charge is 0.240 e. The molecule has 9 heteroatoms. The molecule has 0 bridgehead atoms. The number of thiazole rings is 1. The lowest BCUT2D eigenvalue weighted by atomic mass is 10.3. The second-order valence-corrected chi connectivity index (χ2v) is 9.70. The Bertz CT molecular complexity index is 786. The van der Waals surface area contributed by atoms with Crippen LogP contribution in [0.3, 0.4) is 0 Å². The van der Waals surface area contributed by atoms with Gasteiger partial charge in [0.05, 0.1) is 28.3 Å². The van der Waals surface area contributed by atoms with Crippen LogP contribution in [0, 0.1) is 0 Å². The third kappa shape index (κ3) is 4.47. The summed E-state index contributed by atoms with van der Waals surface area (Å²) in [5.74, 6) is 0.952. The predicted octanol–water partition coefficient (Wildman–Crippen LogP) is 2.02. The molecular weight excluding hydrogens is 366 g/mol. The minimum absolute atomic E-state index is 0.300. The van der Waals surface area contributed by atoms with Crippen molar-refractivity contribution in [3.05, 3.63) is 18.2 Å². The van der Waals surface area contributed by atoms with Crippen LogP contribution in [-0.2, 0) is 14.8 Å². The first-order valence-corrected chi connectivity index (χ1v) is 11.2. The van der Waals surface area contributed by atoms with Crippen LogP contribution in [-0.4, -0.2) is 63.4 Å². The fraction of sp³-hybridized carbons (Fsp3) is 0.533. The van der Waals surface area contributed by atoms with Crippen molar-refractivity contribution in [2.75, 3.05) is 45.1 Å². The van der Waals surface area contributed by atoms with Crippen molar-refractivity contribution in [1.82, 2.24) is 14.6 Å². The molecule has 0 radical (unpaired) electrons. The van der Waals surface area contributed by atoms with Crippen LogP contribution in [0.25, 0.3) is 10.2 Å². The van der Waals surface area contributed by atoms with Gasteiger partial charge in [-0.2, -0.15) is 0 Å². The van der Waals surface area contributed by atoms with E-state index in [4.69, 9.17) is 4.74 Å². The van der Waals surface area contributed by atoms with Crippen molar-refractivity contribution in [2.24, 2.45) is 0 Å². The van der Waals surface area contributed by atoms with Gasteiger partial charge in [-0.1, -0.05) is 18.7 Å². The number of fused-ring (bicyclic) bond motifs is 1. The molecule has 0 spiro atoms. The molecule has 0 atom stereocenters. The van der Waals surface area contributed by atoms with Gasteiger partial charge in [-0.25, -0.2) is 18.1 Å². The number of hydrogen-bond acceptors (Lipinski definition) is 7. The van der Waals surface area contributed by atoms with Gasteiger partial charge in [0.15, 0.2) is 4.34 Å². The number of aromatic nitrogens is 1. The van der Waals surface area contributed by atoms with Gasteiger partial charge in [0.1, 0.15) is 0 Å². The molecule has 2 aromatic rings. The molecule has 24 heavy (non-hydrogen) atoms. The van der Waals surface area contributed by atoms with Gasteiger partial charge < -0.3 is 4.74 Å². The molecular formula is C15H21N3O3S3. The van der Waals surface area contributed by atoms with Crippen molar-refractivity contribution >= 4 is 43.3 Å². The van der Waals surface area contributed by atoms with Gasteiger partial charge >= 0.3 is 0 Å². The highest BCUT2D eigenvalue weighted by Gasteiger charge is 2.17. The Morgan fingerprint density at radius 3 is 2.92 bits per heavy atom. The van der Waals surface area contributed by atoms with Crippen LogP contribution in [0.1, 0.15) is 6.92 Å². The lowest BCUT2D eigenvalue weighted by Crippen LogP contribution is -2.41. The molecule has 1 aliphatic heterocycles. The highest BCUT2D eigenvalue weighted by molar-refractivity contribution is 8.01. The SMILES string of the molecule is CCSc1nc2ccc(S(=O)(=O)NCCN3CCOCC3)cc2s1. The van der Waals surface area contributed by atoms with Crippen LogP contribution in [0.5, 0.6) is 0 Å². The maximum Gasteiger partial charge on any atom is 0.240 e. The zero-order valence-corrected chi connectivity index (χ0v) is 16.0. The van der Waals surface area contributed by atoms with Gasteiger partial charge in [-0.05, 0) is 24.0 Å². The van der Waals surface area contributed by atoms with Crippen LogP contribution in [0.2, 0.25) is 0 Å². The van der Waals surface area contributed by atoms with Gasteiger partial charge in [-0.15, -0.1) is 11.3 Å². The number of sulfonamides is 1. The number of nitrogens with zero attached hydrogens (tertiary/aromatic N) is 2. The quantitative estimate of drug-likeness (QED) is 0.733. The molecule has 6 nitrogen and oxygen atoms in total. The van der Waals surface area contributed by atoms with Crippen LogP contribution < -0.4 is 4.72 Å². The summed E-state index contributed by atoms with van der Waals surface area (Å²) in [7, 11) is -3.49. The molecule has 1 N–H and O–H groups in total. The normalized spacial score (nSPS) is 16.7. The van der Waals surface area contributed by atoms with Gasteiger partial charge in [-0.3, -0.25) is 4.90 Å². The molecule has 2 heterocycles. The molecule has 0 aliphatic carbocycles. The molecule has 3 rings (SSSR count). The van der Waals surface area contributed by atoms with Crippen LogP contribution >= 0.6 is 23.1 Å². The molecule has 1 aliphatic rings. The molecule has 132 valence electrons. The Morgan fingerprint density at radius 1 is 1.38 bits per heavy atom. The largest absolute Gasteiger partial charge is 0.379 e. The highest BCUT2D eigenvalue weighted by atomic mass is 32.2. The lowest BCUT2D eigenvalue weighted by molar-refractivity contribution is 0.0390. The first-order chi connectivity index (χ1) is 11.6. The fourth-order valence-electron chi connectivity index (χ4n) is 2.48. The Balaban J connectivity index is 1.65.